The number of carbonyl (C=O) groups excluding carboxylic acids is 1. The van der Waals surface area contributed by atoms with Crippen LogP contribution in [0.25, 0.3) is 0 Å². The third-order valence-electron chi connectivity index (χ3n) is 3.72. The minimum atomic E-state index is -0.986. The molecule has 2 rings (SSSR count). The summed E-state index contributed by atoms with van der Waals surface area (Å²) in [6.07, 6.45) is 3.91. The molecule has 1 atom stereocenters. The van der Waals surface area contributed by atoms with Crippen molar-refractivity contribution in [1.82, 2.24) is 0 Å². The topological polar surface area (TPSA) is 75.6 Å². The van der Waals surface area contributed by atoms with E-state index in [-0.39, 0.29) is 24.0 Å². The van der Waals surface area contributed by atoms with Crippen LogP contribution in [0, 0.1) is 6.92 Å². The first-order valence-electron chi connectivity index (χ1n) is 7.30. The minimum Gasteiger partial charge on any atom is -0.478 e. The van der Waals surface area contributed by atoms with Crippen molar-refractivity contribution in [1.29, 1.82) is 0 Å². The smallest absolute Gasteiger partial charge is 0.339 e. The summed E-state index contributed by atoms with van der Waals surface area (Å²) in [6, 6.07) is 0. The molecule has 0 aliphatic carbocycles. The first kappa shape index (κ1) is 16.0. The number of carbonyl (C=O) groups is 2. The van der Waals surface area contributed by atoms with Crippen LogP contribution in [0.3, 0.4) is 0 Å². The van der Waals surface area contributed by atoms with Gasteiger partial charge in [0.1, 0.15) is 5.00 Å². The Balaban J connectivity index is 2.08. The number of amides is 1. The second-order valence-electron chi connectivity index (χ2n) is 5.24. The molecule has 0 spiro atoms. The van der Waals surface area contributed by atoms with E-state index in [0.717, 1.165) is 29.7 Å². The quantitative estimate of drug-likeness (QED) is 0.875. The highest BCUT2D eigenvalue weighted by Gasteiger charge is 2.23. The number of hydrogen-bond donors (Lipinski definition) is 2. The molecule has 1 saturated heterocycles. The molecule has 2 N–H and O–H groups in total. The van der Waals surface area contributed by atoms with E-state index in [1.165, 1.54) is 11.3 Å². The lowest BCUT2D eigenvalue weighted by molar-refractivity contribution is -0.119. The number of aryl methyl sites for hydroxylation is 1. The summed E-state index contributed by atoms with van der Waals surface area (Å²) in [6.45, 7) is 4.51. The molecule has 0 saturated carbocycles. The molecular weight excluding hydrogens is 290 g/mol. The predicted molar refractivity (Wildman–Crippen MR) is 82.2 cm³/mol. The maximum Gasteiger partial charge on any atom is 0.339 e. The van der Waals surface area contributed by atoms with Gasteiger partial charge >= 0.3 is 5.97 Å². The summed E-state index contributed by atoms with van der Waals surface area (Å²) in [5, 5.41) is 12.6. The second kappa shape index (κ2) is 7.04. The van der Waals surface area contributed by atoms with E-state index in [1.54, 1.807) is 0 Å². The lowest BCUT2D eigenvalue weighted by atomic mass is 10.1. The van der Waals surface area contributed by atoms with Crippen molar-refractivity contribution in [3.8, 4) is 0 Å². The van der Waals surface area contributed by atoms with Crippen LogP contribution in [0.5, 0.6) is 0 Å². The number of nitrogens with one attached hydrogen (secondary N) is 1. The van der Waals surface area contributed by atoms with E-state index in [1.807, 2.05) is 13.8 Å². The molecule has 2 heterocycles. The molecule has 1 aliphatic heterocycles. The minimum absolute atomic E-state index is 0.0428. The first-order valence-corrected chi connectivity index (χ1v) is 8.11. The Bertz CT molecular complexity index is 532. The van der Waals surface area contributed by atoms with Crippen LogP contribution in [0.4, 0.5) is 5.00 Å². The average molecular weight is 311 g/mol. The van der Waals surface area contributed by atoms with Crippen molar-refractivity contribution in [2.45, 2.75) is 52.1 Å². The van der Waals surface area contributed by atoms with Crippen LogP contribution < -0.4 is 5.32 Å². The van der Waals surface area contributed by atoms with Crippen molar-refractivity contribution < 1.29 is 19.4 Å². The van der Waals surface area contributed by atoms with Crippen LogP contribution in [0.1, 0.15) is 53.4 Å². The van der Waals surface area contributed by atoms with Gasteiger partial charge in [0.2, 0.25) is 5.91 Å². The Kier molecular flexibility index (Phi) is 5.36. The Labute approximate surface area is 128 Å². The van der Waals surface area contributed by atoms with Crippen molar-refractivity contribution in [2.75, 3.05) is 11.9 Å². The molecule has 5 nitrogen and oxygen atoms in total. The zero-order valence-corrected chi connectivity index (χ0v) is 13.2. The zero-order chi connectivity index (χ0) is 15.4. The van der Waals surface area contributed by atoms with Crippen LogP contribution in [-0.4, -0.2) is 29.7 Å². The average Bonchev–Trinajstić information content (AvgIpc) is 2.75. The second-order valence-corrected chi connectivity index (χ2v) is 6.47. The molecule has 1 unspecified atom stereocenters. The van der Waals surface area contributed by atoms with Gasteiger partial charge < -0.3 is 15.2 Å². The van der Waals surface area contributed by atoms with Crippen LogP contribution >= 0.6 is 11.3 Å². The summed E-state index contributed by atoms with van der Waals surface area (Å²) >= 11 is 1.33. The van der Waals surface area contributed by atoms with E-state index < -0.39 is 5.97 Å². The van der Waals surface area contributed by atoms with E-state index >= 15 is 0 Å². The van der Waals surface area contributed by atoms with Gasteiger partial charge in [-0.1, -0.05) is 6.92 Å². The molecule has 1 aliphatic rings. The monoisotopic (exact) mass is 311 g/mol. The Hall–Kier alpha value is -1.40. The van der Waals surface area contributed by atoms with Crippen LogP contribution in [0.15, 0.2) is 0 Å². The molecule has 1 aromatic rings. The number of ether oxygens (including phenoxy) is 1. The number of hydrogen-bond acceptors (Lipinski definition) is 4. The first-order chi connectivity index (χ1) is 10.0. The third-order valence-corrected chi connectivity index (χ3v) is 4.78. The predicted octanol–water partition coefficient (Wildman–Crippen LogP) is 3.21. The van der Waals surface area contributed by atoms with E-state index in [4.69, 9.17) is 4.74 Å². The molecule has 0 aromatic carbocycles. The highest BCUT2D eigenvalue weighted by molar-refractivity contribution is 7.16. The normalized spacial score (nSPS) is 18.5. The Morgan fingerprint density at radius 2 is 2.19 bits per heavy atom. The van der Waals surface area contributed by atoms with E-state index in [2.05, 4.69) is 5.32 Å². The fourth-order valence-electron chi connectivity index (χ4n) is 2.67. The molecule has 21 heavy (non-hydrogen) atoms. The standard InChI is InChI=1S/C15H21NO4S/c1-3-11-9(2)21-14(13(11)15(18)19)16-12(17)8-10-6-4-5-7-20-10/h10H,3-8H2,1-2H3,(H,16,17)(H,18,19). The van der Waals surface area contributed by atoms with Crippen LogP contribution in [0.2, 0.25) is 0 Å². The van der Waals surface area contributed by atoms with Gasteiger partial charge in [0.05, 0.1) is 18.1 Å². The maximum absolute atomic E-state index is 12.1. The van der Waals surface area contributed by atoms with Crippen molar-refractivity contribution in [3.63, 3.8) is 0 Å². The summed E-state index contributed by atoms with van der Waals surface area (Å²) in [4.78, 5) is 24.4. The zero-order valence-electron chi connectivity index (χ0n) is 12.4. The molecule has 1 fully saturated rings. The largest absolute Gasteiger partial charge is 0.478 e. The number of aromatic carboxylic acids is 1. The van der Waals surface area contributed by atoms with Crippen molar-refractivity contribution >= 4 is 28.2 Å². The Morgan fingerprint density at radius 3 is 2.76 bits per heavy atom. The lowest BCUT2D eigenvalue weighted by Gasteiger charge is -2.21. The van der Waals surface area contributed by atoms with Gasteiger partial charge in [-0.25, -0.2) is 4.79 Å². The Morgan fingerprint density at radius 1 is 1.43 bits per heavy atom. The molecule has 6 heteroatoms. The van der Waals surface area contributed by atoms with Gasteiger partial charge in [-0.05, 0) is 38.2 Å². The van der Waals surface area contributed by atoms with Gasteiger partial charge in [-0.15, -0.1) is 11.3 Å². The maximum atomic E-state index is 12.1. The van der Waals surface area contributed by atoms with E-state index in [9.17, 15) is 14.7 Å². The fourth-order valence-corrected chi connectivity index (χ4v) is 3.82. The van der Waals surface area contributed by atoms with Gasteiger partial charge in [0, 0.05) is 11.5 Å². The van der Waals surface area contributed by atoms with E-state index in [0.29, 0.717) is 18.0 Å². The third kappa shape index (κ3) is 3.83. The molecule has 1 amide bonds. The molecule has 0 radical (unpaired) electrons. The summed E-state index contributed by atoms with van der Waals surface area (Å²) in [5.74, 6) is -1.16. The summed E-state index contributed by atoms with van der Waals surface area (Å²) in [7, 11) is 0. The van der Waals surface area contributed by atoms with Crippen molar-refractivity contribution in [3.05, 3.63) is 16.0 Å². The SMILES string of the molecule is CCc1c(C)sc(NC(=O)CC2CCCCO2)c1C(=O)O. The molecule has 116 valence electrons. The summed E-state index contributed by atoms with van der Waals surface area (Å²) in [5.41, 5.74) is 1.04. The molecule has 0 bridgehead atoms. The van der Waals surface area contributed by atoms with Crippen LogP contribution in [-0.2, 0) is 16.0 Å². The van der Waals surface area contributed by atoms with Gasteiger partial charge in [0.25, 0.3) is 0 Å². The number of carboxylic acid groups (broad SMARTS) is 1. The summed E-state index contributed by atoms with van der Waals surface area (Å²) < 4.78 is 5.54. The van der Waals surface area contributed by atoms with Crippen molar-refractivity contribution in [2.24, 2.45) is 0 Å². The highest BCUT2D eigenvalue weighted by Crippen LogP contribution is 2.33. The number of anilines is 1. The molecule has 1 aromatic heterocycles. The number of thiophene rings is 1. The number of carboxylic acids is 1. The van der Waals surface area contributed by atoms with Gasteiger partial charge in [-0.3, -0.25) is 4.79 Å². The molecular formula is C15H21NO4S. The van der Waals surface area contributed by atoms with Gasteiger partial charge in [0.15, 0.2) is 0 Å². The number of rotatable bonds is 5. The lowest BCUT2D eigenvalue weighted by Crippen LogP contribution is -2.25. The van der Waals surface area contributed by atoms with Gasteiger partial charge in [-0.2, -0.15) is 0 Å². The highest BCUT2D eigenvalue weighted by atomic mass is 32.1. The fraction of sp³-hybridized carbons (Fsp3) is 0.600.